The van der Waals surface area contributed by atoms with Crippen molar-refractivity contribution in [2.24, 2.45) is 0 Å². The van der Waals surface area contributed by atoms with Gasteiger partial charge in [0.1, 0.15) is 18.3 Å². The van der Waals surface area contributed by atoms with Crippen molar-refractivity contribution in [2.45, 2.75) is 24.6 Å². The Hall–Kier alpha value is 5.57. The Bertz CT molecular complexity index is 115. The predicted molar refractivity (Wildman–Crippen MR) is 30.0 cm³/mol. The molecule has 0 aromatic carbocycles. The van der Waals surface area contributed by atoms with Gasteiger partial charge < -0.3 is 25.2 Å². The molecule has 14 heavy (non-hydrogen) atoms. The van der Waals surface area contributed by atoms with Gasteiger partial charge in [0, 0.05) is 176 Å². The summed E-state index contributed by atoms with van der Waals surface area (Å²) in [7, 11) is 0. The largest absolute Gasteiger partial charge is 0.388 e. The molecule has 1 rings (SSSR count). The van der Waals surface area contributed by atoms with Gasteiger partial charge in [-0.2, -0.15) is 0 Å². The molecule has 4 atom stereocenters. The minimum absolute atomic E-state index is 0. The van der Waals surface area contributed by atoms with Crippen molar-refractivity contribution in [1.82, 2.24) is 0 Å². The molecule has 4 N–H and O–H groups in total. The number of ether oxygens (including phenoxy) is 1. The van der Waals surface area contributed by atoms with Gasteiger partial charge in [-0.15, -0.1) is 0 Å². The van der Waals surface area contributed by atoms with Crippen LogP contribution in [0.3, 0.4) is 0 Å². The molecule has 0 spiro atoms. The normalized spacial score (nSPS) is 35.1. The molecule has 4 radical (unpaired) electrons. The molecule has 0 amide bonds. The van der Waals surface area contributed by atoms with Gasteiger partial charge in [0.15, 0.2) is 6.29 Å². The summed E-state index contributed by atoms with van der Waals surface area (Å²) in [6.45, 7) is -0.153. The molecule has 0 aliphatic carbocycles. The van der Waals surface area contributed by atoms with Gasteiger partial charge in [-0.3, -0.25) is 0 Å². The molecule has 0 aromatic rings. The first-order valence-electron chi connectivity index (χ1n) is 2.97. The van der Waals surface area contributed by atoms with Gasteiger partial charge in [0.05, 0.1) is 6.61 Å². The first-order chi connectivity index (χ1) is 4.63. The molecule has 0 bridgehead atoms. The fourth-order valence-corrected chi connectivity index (χ4v) is 0.791. The molecule has 72 valence electrons. The Morgan fingerprint density at radius 3 is 1.57 bits per heavy atom. The van der Waals surface area contributed by atoms with Crippen LogP contribution in [0.2, 0.25) is 0 Å². The SMILES string of the molecule is OC1OC[C@H](O)[C@H](O)C1O.[Ac].[Ac].[Ac].[Ac]. The monoisotopic (exact) mass is 1060 g/mol. The molecular weight excluding hydrogens is 1050 g/mol. The second kappa shape index (κ2) is 15.0. The fraction of sp³-hybridized carbons (Fsp3) is 1.00. The third kappa shape index (κ3) is 9.47. The zero-order valence-electron chi connectivity index (χ0n) is 7.52. The minimum Gasteiger partial charge on any atom is -0.388 e. The van der Waals surface area contributed by atoms with Crippen LogP contribution < -0.4 is 0 Å². The van der Waals surface area contributed by atoms with Crippen molar-refractivity contribution >= 4 is 0 Å². The second-order valence-corrected chi connectivity index (χ2v) is 2.27. The zero-order chi connectivity index (χ0) is 7.72. The Kier molecular flexibility index (Phi) is 29.8. The quantitative estimate of drug-likeness (QED) is 0.215. The van der Waals surface area contributed by atoms with Crippen molar-refractivity contribution in [3.8, 4) is 0 Å². The Morgan fingerprint density at radius 1 is 0.786 bits per heavy atom. The van der Waals surface area contributed by atoms with E-state index in [0.717, 1.165) is 0 Å². The van der Waals surface area contributed by atoms with Gasteiger partial charge in [0.25, 0.3) is 0 Å². The maximum absolute atomic E-state index is 8.88. The van der Waals surface area contributed by atoms with Crippen LogP contribution >= 0.6 is 0 Å². The van der Waals surface area contributed by atoms with E-state index in [4.69, 9.17) is 20.4 Å². The molecule has 1 heterocycles. The molecule has 0 aromatic heterocycles. The molecule has 9 heteroatoms. The first-order valence-corrected chi connectivity index (χ1v) is 2.97. The van der Waals surface area contributed by atoms with Gasteiger partial charge in [-0.05, 0) is 0 Å². The predicted octanol–water partition coefficient (Wildman–Crippen LogP) is -2.58. The van der Waals surface area contributed by atoms with E-state index >= 15 is 0 Å². The maximum Gasteiger partial charge on any atom is 0.183 e. The summed E-state index contributed by atoms with van der Waals surface area (Å²) in [5, 5.41) is 35.3. The molecule has 0 saturated carbocycles. The maximum atomic E-state index is 8.88. The van der Waals surface area contributed by atoms with Crippen molar-refractivity contribution in [1.29, 1.82) is 0 Å². The van der Waals surface area contributed by atoms with Crippen LogP contribution in [0.4, 0.5) is 0 Å². The average Bonchev–Trinajstić information content (AvgIpc) is 1.93. The third-order valence-corrected chi connectivity index (χ3v) is 1.47. The Balaban J connectivity index is -0.000000125. The van der Waals surface area contributed by atoms with E-state index in [1.807, 2.05) is 0 Å². The molecule has 1 saturated heterocycles. The van der Waals surface area contributed by atoms with E-state index in [9.17, 15) is 0 Å². The van der Waals surface area contributed by atoms with Crippen LogP contribution in [-0.4, -0.2) is 51.6 Å². The standard InChI is InChI=1S/C5H10O5.4Ac/c6-2-1-10-5(9)4(8)3(2)7;;;;/h2-9H,1H2;;;;/t2-,3-,4?,5?;;;;/m0..../s1. The van der Waals surface area contributed by atoms with E-state index in [1.165, 1.54) is 0 Å². The zero-order valence-corrected chi connectivity index (χ0v) is 26.5. The smallest absolute Gasteiger partial charge is 0.183 e. The van der Waals surface area contributed by atoms with Crippen LogP contribution in [0.15, 0.2) is 0 Å². The molecule has 5 nitrogen and oxygen atoms in total. The number of aliphatic hydroxyl groups excluding tert-OH is 4. The minimum atomic E-state index is -1.41. The van der Waals surface area contributed by atoms with Gasteiger partial charge in [-0.1, -0.05) is 0 Å². The average molecular weight is 1060 g/mol. The Labute approximate surface area is 226 Å². The van der Waals surface area contributed by atoms with Gasteiger partial charge >= 0.3 is 0 Å². The number of aliphatic hydroxyl groups is 4. The van der Waals surface area contributed by atoms with E-state index in [-0.39, 0.29) is 183 Å². The van der Waals surface area contributed by atoms with Crippen molar-refractivity contribution in [3.63, 3.8) is 0 Å². The summed E-state index contributed by atoms with van der Waals surface area (Å²) in [4.78, 5) is 0. The van der Waals surface area contributed by atoms with Crippen molar-refractivity contribution < 1.29 is 201 Å². The van der Waals surface area contributed by atoms with Crippen molar-refractivity contribution in [3.05, 3.63) is 0 Å². The third-order valence-electron chi connectivity index (χ3n) is 1.47. The number of hydrogen-bond donors (Lipinski definition) is 4. The van der Waals surface area contributed by atoms with Crippen LogP contribution in [0, 0.1) is 176 Å². The Morgan fingerprint density at radius 2 is 1.21 bits per heavy atom. The van der Waals surface area contributed by atoms with E-state index in [1.54, 1.807) is 0 Å². The number of hydrogen-bond acceptors (Lipinski definition) is 5. The van der Waals surface area contributed by atoms with Crippen LogP contribution in [-0.2, 0) is 4.74 Å². The van der Waals surface area contributed by atoms with Crippen LogP contribution in [0.1, 0.15) is 0 Å². The van der Waals surface area contributed by atoms with E-state index in [2.05, 4.69) is 4.74 Å². The van der Waals surface area contributed by atoms with E-state index < -0.39 is 24.6 Å². The summed E-state index contributed by atoms with van der Waals surface area (Å²) in [6.07, 6.45) is -5.23. The summed E-state index contributed by atoms with van der Waals surface area (Å²) in [5.74, 6) is 0. The fourth-order valence-electron chi connectivity index (χ4n) is 0.791. The summed E-state index contributed by atoms with van der Waals surface area (Å²) >= 11 is 0. The summed E-state index contributed by atoms with van der Waals surface area (Å²) in [6, 6.07) is 0. The molecule has 1 aliphatic rings. The summed E-state index contributed by atoms with van der Waals surface area (Å²) in [5.41, 5.74) is 0. The molecule has 1 fully saturated rings. The first kappa shape index (κ1) is 27.8. The summed E-state index contributed by atoms with van der Waals surface area (Å²) < 4.78 is 4.47. The van der Waals surface area contributed by atoms with Crippen LogP contribution in [0.25, 0.3) is 0 Å². The van der Waals surface area contributed by atoms with Gasteiger partial charge in [-0.25, -0.2) is 0 Å². The molecule has 2 unspecified atom stereocenters. The van der Waals surface area contributed by atoms with E-state index in [0.29, 0.717) is 0 Å². The molecular formula is C5H10Ac4O5. The van der Waals surface area contributed by atoms with Crippen LogP contribution in [0.5, 0.6) is 0 Å². The number of rotatable bonds is 0. The molecule has 1 aliphatic heterocycles. The second-order valence-electron chi connectivity index (χ2n) is 2.27. The van der Waals surface area contributed by atoms with Gasteiger partial charge in [0.2, 0.25) is 0 Å². The van der Waals surface area contributed by atoms with Crippen molar-refractivity contribution in [2.75, 3.05) is 6.61 Å². The topological polar surface area (TPSA) is 90.2 Å².